The second kappa shape index (κ2) is 10.8. The summed E-state index contributed by atoms with van der Waals surface area (Å²) in [5.74, 6) is -0.0445. The monoisotopic (exact) mass is 392 g/mol. The zero-order chi connectivity index (χ0) is 18.8. The van der Waals surface area contributed by atoms with Crippen molar-refractivity contribution in [2.24, 2.45) is 0 Å². The van der Waals surface area contributed by atoms with Crippen molar-refractivity contribution in [3.05, 3.63) is 58.6 Å². The lowest BCUT2D eigenvalue weighted by molar-refractivity contribution is -0.117. The molecule has 138 valence electrons. The Bertz CT molecular complexity index is 687. The van der Waals surface area contributed by atoms with Crippen LogP contribution >= 0.6 is 23.2 Å². The van der Waals surface area contributed by atoms with Crippen LogP contribution < -0.4 is 10.6 Å². The zero-order valence-electron chi connectivity index (χ0n) is 14.4. The number of amides is 2. The second-order valence-electron chi connectivity index (χ2n) is 6.03. The quantitative estimate of drug-likeness (QED) is 0.520. The molecule has 26 heavy (non-hydrogen) atoms. The van der Waals surface area contributed by atoms with Crippen LogP contribution in [0.5, 0.6) is 0 Å². The maximum Gasteiger partial charge on any atom is 0.224 e. The molecule has 0 saturated carbocycles. The first-order valence-electron chi connectivity index (χ1n) is 8.64. The predicted molar refractivity (Wildman–Crippen MR) is 108 cm³/mol. The minimum Gasteiger partial charge on any atom is -0.326 e. The maximum atomic E-state index is 11.9. The fourth-order valence-electron chi connectivity index (χ4n) is 2.50. The van der Waals surface area contributed by atoms with Crippen LogP contribution in [0.25, 0.3) is 0 Å². The molecule has 2 rings (SSSR count). The fraction of sp³-hybridized carbons (Fsp3) is 0.300. The molecule has 0 aromatic heterocycles. The van der Waals surface area contributed by atoms with Gasteiger partial charge in [-0.3, -0.25) is 9.59 Å². The molecule has 4 nitrogen and oxygen atoms in total. The highest BCUT2D eigenvalue weighted by molar-refractivity contribution is 6.31. The lowest BCUT2D eigenvalue weighted by Gasteiger charge is -2.06. The highest BCUT2D eigenvalue weighted by atomic mass is 35.5. The Hall–Kier alpha value is -2.04. The van der Waals surface area contributed by atoms with Crippen LogP contribution in [0.3, 0.4) is 0 Å². The van der Waals surface area contributed by atoms with E-state index in [1.807, 2.05) is 12.1 Å². The van der Waals surface area contributed by atoms with E-state index in [1.54, 1.807) is 36.4 Å². The molecule has 0 saturated heterocycles. The van der Waals surface area contributed by atoms with Crippen molar-refractivity contribution in [2.75, 3.05) is 10.6 Å². The Balaban J connectivity index is 1.55. The first-order valence-corrected chi connectivity index (χ1v) is 9.39. The molecule has 0 unspecified atom stereocenters. The Kier molecular flexibility index (Phi) is 8.45. The minimum atomic E-state index is -0.0223. The highest BCUT2D eigenvalue weighted by Gasteiger charge is 2.05. The van der Waals surface area contributed by atoms with Crippen molar-refractivity contribution in [3.8, 4) is 0 Å². The fourth-order valence-corrected chi connectivity index (χ4v) is 2.88. The number of hydrogen-bond acceptors (Lipinski definition) is 2. The number of hydrogen-bond donors (Lipinski definition) is 2. The van der Waals surface area contributed by atoms with Crippen molar-refractivity contribution >= 4 is 46.4 Å². The first-order chi connectivity index (χ1) is 12.5. The summed E-state index contributed by atoms with van der Waals surface area (Å²) < 4.78 is 0. The SMILES string of the molecule is O=C(CCCCCCC(=O)Nc1cccc(Cl)c1)Nc1cccc(Cl)c1. The molecule has 2 aromatic rings. The summed E-state index contributed by atoms with van der Waals surface area (Å²) in [5, 5.41) is 6.84. The van der Waals surface area contributed by atoms with E-state index in [2.05, 4.69) is 10.6 Å². The average molecular weight is 393 g/mol. The summed E-state index contributed by atoms with van der Waals surface area (Å²) in [4.78, 5) is 23.7. The molecule has 0 bridgehead atoms. The molecule has 0 aliphatic heterocycles. The van der Waals surface area contributed by atoms with Crippen LogP contribution in [-0.4, -0.2) is 11.8 Å². The topological polar surface area (TPSA) is 58.2 Å². The minimum absolute atomic E-state index is 0.0223. The number of rotatable bonds is 9. The smallest absolute Gasteiger partial charge is 0.224 e. The summed E-state index contributed by atoms with van der Waals surface area (Å²) in [5.41, 5.74) is 1.42. The normalized spacial score (nSPS) is 10.4. The Morgan fingerprint density at radius 1 is 0.692 bits per heavy atom. The van der Waals surface area contributed by atoms with Crippen molar-refractivity contribution in [3.63, 3.8) is 0 Å². The van der Waals surface area contributed by atoms with Gasteiger partial charge in [0.25, 0.3) is 0 Å². The molecular formula is C20H22Cl2N2O2. The van der Waals surface area contributed by atoms with Crippen molar-refractivity contribution in [1.82, 2.24) is 0 Å². The van der Waals surface area contributed by atoms with Crippen LogP contribution in [0.15, 0.2) is 48.5 Å². The van der Waals surface area contributed by atoms with Crippen LogP contribution in [0.1, 0.15) is 38.5 Å². The first kappa shape index (κ1) is 20.3. The molecule has 2 aromatic carbocycles. The van der Waals surface area contributed by atoms with Crippen molar-refractivity contribution in [2.45, 2.75) is 38.5 Å². The van der Waals surface area contributed by atoms with Gasteiger partial charge in [-0.25, -0.2) is 0 Å². The van der Waals surface area contributed by atoms with Gasteiger partial charge in [0.15, 0.2) is 0 Å². The molecule has 0 aliphatic carbocycles. The van der Waals surface area contributed by atoms with Crippen molar-refractivity contribution < 1.29 is 9.59 Å². The molecule has 2 amide bonds. The Morgan fingerprint density at radius 2 is 1.12 bits per heavy atom. The highest BCUT2D eigenvalue weighted by Crippen LogP contribution is 2.17. The van der Waals surface area contributed by atoms with Gasteiger partial charge in [0.1, 0.15) is 0 Å². The summed E-state index contributed by atoms with van der Waals surface area (Å²) in [6.07, 6.45) is 4.33. The third-order valence-corrected chi connectivity index (χ3v) is 4.24. The number of nitrogens with one attached hydrogen (secondary N) is 2. The molecule has 0 spiro atoms. The number of anilines is 2. The Labute approximate surface area is 163 Å². The molecule has 0 atom stereocenters. The summed E-state index contributed by atoms with van der Waals surface area (Å²) in [6, 6.07) is 14.2. The lowest BCUT2D eigenvalue weighted by Crippen LogP contribution is -2.11. The molecule has 0 aliphatic rings. The molecule has 0 fully saturated rings. The van der Waals surface area contributed by atoms with E-state index in [0.717, 1.165) is 25.7 Å². The van der Waals surface area contributed by atoms with Gasteiger partial charge >= 0.3 is 0 Å². The van der Waals surface area contributed by atoms with Gasteiger partial charge in [-0.2, -0.15) is 0 Å². The number of carbonyl (C=O) groups is 2. The Morgan fingerprint density at radius 3 is 1.50 bits per heavy atom. The van der Waals surface area contributed by atoms with E-state index in [4.69, 9.17) is 23.2 Å². The number of carbonyl (C=O) groups excluding carboxylic acids is 2. The van der Waals surface area contributed by atoms with E-state index in [-0.39, 0.29) is 11.8 Å². The second-order valence-corrected chi connectivity index (χ2v) is 6.90. The van der Waals surface area contributed by atoms with E-state index >= 15 is 0 Å². The van der Waals surface area contributed by atoms with E-state index in [9.17, 15) is 9.59 Å². The van der Waals surface area contributed by atoms with Crippen LogP contribution in [0.2, 0.25) is 10.0 Å². The van der Waals surface area contributed by atoms with Crippen LogP contribution in [-0.2, 0) is 9.59 Å². The number of halogens is 2. The van der Waals surface area contributed by atoms with Gasteiger partial charge in [0, 0.05) is 34.3 Å². The standard InChI is InChI=1S/C20H22Cl2N2O2/c21-15-7-5-9-17(13-15)23-19(25)11-3-1-2-4-12-20(26)24-18-10-6-8-16(22)14-18/h5-10,13-14H,1-4,11-12H2,(H,23,25)(H,24,26). The third kappa shape index (κ3) is 7.89. The van der Waals surface area contributed by atoms with Gasteiger partial charge < -0.3 is 10.6 Å². The molecule has 2 N–H and O–H groups in total. The van der Waals surface area contributed by atoms with E-state index < -0.39 is 0 Å². The summed E-state index contributed by atoms with van der Waals surface area (Å²) >= 11 is 11.8. The summed E-state index contributed by atoms with van der Waals surface area (Å²) in [7, 11) is 0. The number of unbranched alkanes of at least 4 members (excludes halogenated alkanes) is 3. The van der Waals surface area contributed by atoms with E-state index in [0.29, 0.717) is 34.3 Å². The molecular weight excluding hydrogens is 371 g/mol. The lowest BCUT2D eigenvalue weighted by atomic mass is 10.1. The molecule has 0 heterocycles. The predicted octanol–water partition coefficient (Wildman–Crippen LogP) is 5.91. The maximum absolute atomic E-state index is 11.9. The average Bonchev–Trinajstić information content (AvgIpc) is 2.58. The van der Waals surface area contributed by atoms with E-state index in [1.165, 1.54) is 0 Å². The van der Waals surface area contributed by atoms with Gasteiger partial charge in [-0.15, -0.1) is 0 Å². The van der Waals surface area contributed by atoms with Crippen molar-refractivity contribution in [1.29, 1.82) is 0 Å². The van der Waals surface area contributed by atoms with Gasteiger partial charge in [-0.1, -0.05) is 48.2 Å². The largest absolute Gasteiger partial charge is 0.326 e. The molecule has 6 heteroatoms. The molecule has 0 radical (unpaired) electrons. The van der Waals surface area contributed by atoms with Crippen LogP contribution in [0, 0.1) is 0 Å². The van der Waals surface area contributed by atoms with Gasteiger partial charge in [0.05, 0.1) is 0 Å². The van der Waals surface area contributed by atoms with Crippen LogP contribution in [0.4, 0.5) is 11.4 Å². The van der Waals surface area contributed by atoms with Gasteiger partial charge in [0.2, 0.25) is 11.8 Å². The zero-order valence-corrected chi connectivity index (χ0v) is 15.9. The third-order valence-electron chi connectivity index (χ3n) is 3.77. The summed E-state index contributed by atoms with van der Waals surface area (Å²) in [6.45, 7) is 0. The van der Waals surface area contributed by atoms with Gasteiger partial charge in [-0.05, 0) is 49.2 Å². The number of benzene rings is 2.